The van der Waals surface area contributed by atoms with E-state index in [4.69, 9.17) is 9.52 Å². The molecule has 1 atom stereocenters. The fourth-order valence-corrected chi connectivity index (χ4v) is 2.72. The van der Waals surface area contributed by atoms with E-state index in [1.807, 2.05) is 13.0 Å². The van der Waals surface area contributed by atoms with E-state index in [1.165, 1.54) is 12.1 Å². The van der Waals surface area contributed by atoms with Crippen molar-refractivity contribution in [1.82, 2.24) is 9.88 Å². The number of carbonyl (C=O) groups excluding carboxylic acids is 1. The number of aromatic nitrogens is 1. The average Bonchev–Trinajstić information content (AvgIpc) is 3.18. The average molecular weight is 314 g/mol. The van der Waals surface area contributed by atoms with Crippen LogP contribution in [0.4, 0.5) is 0 Å². The van der Waals surface area contributed by atoms with E-state index in [0.29, 0.717) is 5.69 Å². The van der Waals surface area contributed by atoms with Crippen molar-refractivity contribution in [2.45, 2.75) is 38.8 Å². The summed E-state index contributed by atoms with van der Waals surface area (Å²) in [6.45, 7) is 3.52. The molecule has 0 saturated heterocycles. The summed E-state index contributed by atoms with van der Waals surface area (Å²) in [5.41, 5.74) is 0.709. The molecule has 23 heavy (non-hydrogen) atoms. The van der Waals surface area contributed by atoms with E-state index in [2.05, 4.69) is 4.98 Å². The van der Waals surface area contributed by atoms with Gasteiger partial charge in [-0.2, -0.15) is 0 Å². The molecule has 0 spiro atoms. The largest absolute Gasteiger partial charge is 0.478 e. The first kappa shape index (κ1) is 15.3. The molecule has 6 nitrogen and oxygen atoms in total. The van der Waals surface area contributed by atoms with Gasteiger partial charge in [-0.3, -0.25) is 4.79 Å². The van der Waals surface area contributed by atoms with Crippen LogP contribution in [0.15, 0.2) is 34.9 Å². The number of amides is 1. The maximum Gasteiger partial charge on any atom is 0.337 e. The maximum atomic E-state index is 12.9. The molecule has 6 heteroatoms. The molecule has 1 saturated carbocycles. The number of carbonyl (C=O) groups is 2. The lowest BCUT2D eigenvalue weighted by atomic mass is 10.1. The molecule has 1 unspecified atom stereocenters. The molecule has 0 radical (unpaired) electrons. The van der Waals surface area contributed by atoms with Gasteiger partial charge in [-0.1, -0.05) is 0 Å². The van der Waals surface area contributed by atoms with Crippen LogP contribution in [0.25, 0.3) is 0 Å². The van der Waals surface area contributed by atoms with Gasteiger partial charge in [-0.25, -0.2) is 9.78 Å². The van der Waals surface area contributed by atoms with Gasteiger partial charge < -0.3 is 14.4 Å². The molecule has 2 aromatic heterocycles. The number of aryl methyl sites for hydroxylation is 1. The first-order valence-corrected chi connectivity index (χ1v) is 7.56. The quantitative estimate of drug-likeness (QED) is 0.917. The fourth-order valence-electron chi connectivity index (χ4n) is 2.72. The van der Waals surface area contributed by atoms with Gasteiger partial charge in [0.2, 0.25) is 0 Å². The van der Waals surface area contributed by atoms with E-state index in [9.17, 15) is 9.59 Å². The monoisotopic (exact) mass is 314 g/mol. The Morgan fingerprint density at radius 1 is 1.35 bits per heavy atom. The van der Waals surface area contributed by atoms with E-state index >= 15 is 0 Å². The van der Waals surface area contributed by atoms with Crippen molar-refractivity contribution in [1.29, 1.82) is 0 Å². The summed E-state index contributed by atoms with van der Waals surface area (Å²) in [6.07, 6.45) is 3.51. The zero-order chi connectivity index (χ0) is 16.6. The van der Waals surface area contributed by atoms with Gasteiger partial charge in [0.05, 0.1) is 23.6 Å². The van der Waals surface area contributed by atoms with Gasteiger partial charge in [0.25, 0.3) is 5.91 Å². The lowest BCUT2D eigenvalue weighted by Crippen LogP contribution is -2.36. The number of furan rings is 1. The topological polar surface area (TPSA) is 83.6 Å². The summed E-state index contributed by atoms with van der Waals surface area (Å²) >= 11 is 0. The Labute approximate surface area is 133 Å². The minimum atomic E-state index is -1.04. The van der Waals surface area contributed by atoms with Gasteiger partial charge in [0.1, 0.15) is 11.5 Å². The predicted molar refractivity (Wildman–Crippen MR) is 82.2 cm³/mol. The molecule has 2 aromatic rings. The van der Waals surface area contributed by atoms with Crippen molar-refractivity contribution in [3.05, 3.63) is 53.2 Å². The van der Waals surface area contributed by atoms with Crippen LogP contribution in [0.2, 0.25) is 0 Å². The highest BCUT2D eigenvalue weighted by molar-refractivity contribution is 5.95. The third kappa shape index (κ3) is 2.97. The normalized spacial score (nSPS) is 15.2. The summed E-state index contributed by atoms with van der Waals surface area (Å²) < 4.78 is 5.42. The predicted octanol–water partition coefficient (Wildman–Crippen LogP) is 3.05. The number of carboxylic acid groups (broad SMARTS) is 1. The summed E-state index contributed by atoms with van der Waals surface area (Å²) in [5.74, 6) is -0.516. The number of aromatic carboxylic acids is 1. The molecule has 0 aromatic carbocycles. The van der Waals surface area contributed by atoms with Crippen molar-refractivity contribution in [3.8, 4) is 0 Å². The molecule has 1 aliphatic carbocycles. The molecule has 1 fully saturated rings. The number of hydrogen-bond acceptors (Lipinski definition) is 4. The highest BCUT2D eigenvalue weighted by Gasteiger charge is 2.38. The zero-order valence-corrected chi connectivity index (χ0v) is 13.0. The SMILES string of the molecule is Cc1nc(C(=O)N(C2CC2)C(C)c2ccco2)ccc1C(=O)O. The molecular formula is C17H18N2O4. The van der Waals surface area contributed by atoms with Crippen LogP contribution >= 0.6 is 0 Å². The standard InChI is InChI=1S/C17H18N2O4/c1-10-13(17(21)22)7-8-14(18-10)16(20)19(12-5-6-12)11(2)15-4-3-9-23-15/h3-4,7-9,11-12H,5-6H2,1-2H3,(H,21,22). The first-order valence-electron chi connectivity index (χ1n) is 7.56. The lowest BCUT2D eigenvalue weighted by molar-refractivity contribution is 0.0641. The first-order chi connectivity index (χ1) is 11.0. The number of pyridine rings is 1. The van der Waals surface area contributed by atoms with Crippen molar-refractivity contribution in [2.24, 2.45) is 0 Å². The molecular weight excluding hydrogens is 296 g/mol. The third-order valence-electron chi connectivity index (χ3n) is 4.08. The second-order valence-corrected chi connectivity index (χ2v) is 5.77. The minimum Gasteiger partial charge on any atom is -0.478 e. The second kappa shape index (κ2) is 5.87. The number of rotatable bonds is 5. The van der Waals surface area contributed by atoms with E-state index in [-0.39, 0.29) is 29.2 Å². The smallest absolute Gasteiger partial charge is 0.337 e. The van der Waals surface area contributed by atoms with E-state index in [1.54, 1.807) is 24.2 Å². The number of hydrogen-bond donors (Lipinski definition) is 1. The van der Waals surface area contributed by atoms with Crippen LogP contribution in [0, 0.1) is 6.92 Å². The molecule has 1 amide bonds. The molecule has 1 aliphatic rings. The number of carboxylic acids is 1. The second-order valence-electron chi connectivity index (χ2n) is 5.77. The Morgan fingerprint density at radius 3 is 2.61 bits per heavy atom. The van der Waals surface area contributed by atoms with Crippen LogP contribution in [-0.2, 0) is 0 Å². The Morgan fingerprint density at radius 2 is 2.09 bits per heavy atom. The van der Waals surface area contributed by atoms with Gasteiger partial charge in [0.15, 0.2) is 0 Å². The highest BCUT2D eigenvalue weighted by Crippen LogP contribution is 2.35. The van der Waals surface area contributed by atoms with Gasteiger partial charge in [-0.15, -0.1) is 0 Å². The minimum absolute atomic E-state index is 0.110. The fraction of sp³-hybridized carbons (Fsp3) is 0.353. The van der Waals surface area contributed by atoms with Crippen LogP contribution in [0.5, 0.6) is 0 Å². The van der Waals surface area contributed by atoms with Crippen molar-refractivity contribution in [3.63, 3.8) is 0 Å². The Balaban J connectivity index is 1.90. The van der Waals surface area contributed by atoms with Crippen molar-refractivity contribution in [2.75, 3.05) is 0 Å². The molecule has 1 N–H and O–H groups in total. The molecule has 3 rings (SSSR count). The molecule has 0 aliphatic heterocycles. The van der Waals surface area contributed by atoms with E-state index < -0.39 is 5.97 Å². The van der Waals surface area contributed by atoms with Crippen molar-refractivity contribution < 1.29 is 19.1 Å². The highest BCUT2D eigenvalue weighted by atomic mass is 16.4. The van der Waals surface area contributed by atoms with Crippen LogP contribution < -0.4 is 0 Å². The molecule has 0 bridgehead atoms. The van der Waals surface area contributed by atoms with Gasteiger partial charge >= 0.3 is 5.97 Å². The van der Waals surface area contributed by atoms with E-state index in [0.717, 1.165) is 18.6 Å². The molecule has 120 valence electrons. The number of nitrogens with zero attached hydrogens (tertiary/aromatic N) is 2. The zero-order valence-electron chi connectivity index (χ0n) is 13.0. The third-order valence-corrected chi connectivity index (χ3v) is 4.08. The van der Waals surface area contributed by atoms with Crippen LogP contribution in [0.1, 0.15) is 58.1 Å². The lowest BCUT2D eigenvalue weighted by Gasteiger charge is -2.27. The molecule has 2 heterocycles. The Hall–Kier alpha value is -2.63. The van der Waals surface area contributed by atoms with Crippen LogP contribution in [-0.4, -0.2) is 32.9 Å². The van der Waals surface area contributed by atoms with Gasteiger partial charge in [-0.05, 0) is 51.0 Å². The van der Waals surface area contributed by atoms with Gasteiger partial charge in [0, 0.05) is 6.04 Å². The maximum absolute atomic E-state index is 12.9. The Bertz CT molecular complexity index is 735. The summed E-state index contributed by atoms with van der Waals surface area (Å²) in [6, 6.07) is 6.55. The summed E-state index contributed by atoms with van der Waals surface area (Å²) in [4.78, 5) is 29.9. The van der Waals surface area contributed by atoms with Crippen LogP contribution in [0.3, 0.4) is 0 Å². The summed E-state index contributed by atoms with van der Waals surface area (Å²) in [5, 5.41) is 9.07. The summed E-state index contributed by atoms with van der Waals surface area (Å²) in [7, 11) is 0. The van der Waals surface area contributed by atoms with Crippen molar-refractivity contribution >= 4 is 11.9 Å². The Kier molecular flexibility index (Phi) is 3.90.